The third-order valence-electron chi connectivity index (χ3n) is 5.03. The lowest BCUT2D eigenvalue weighted by atomic mass is 9.97. The Labute approximate surface area is 181 Å². The molecule has 0 unspecified atom stereocenters. The van der Waals surface area contributed by atoms with Crippen LogP contribution in [0.1, 0.15) is 12.8 Å². The third kappa shape index (κ3) is 5.64. The van der Waals surface area contributed by atoms with Crippen molar-refractivity contribution in [3.8, 4) is 11.5 Å². The van der Waals surface area contributed by atoms with Gasteiger partial charge in [0.25, 0.3) is 0 Å². The average Bonchev–Trinajstić information content (AvgIpc) is 2.75. The summed E-state index contributed by atoms with van der Waals surface area (Å²) in [7, 11) is 3.02. The first-order valence-electron chi connectivity index (χ1n) is 9.79. The van der Waals surface area contributed by atoms with Gasteiger partial charge >= 0.3 is 0 Å². The summed E-state index contributed by atoms with van der Waals surface area (Å²) in [4.78, 5) is 27.2. The van der Waals surface area contributed by atoms with Gasteiger partial charge in [-0.2, -0.15) is 0 Å². The zero-order valence-corrected chi connectivity index (χ0v) is 17.9. The van der Waals surface area contributed by atoms with Crippen LogP contribution in [0.3, 0.4) is 0 Å². The van der Waals surface area contributed by atoms with Crippen molar-refractivity contribution in [2.24, 2.45) is 5.92 Å². The second kappa shape index (κ2) is 10.3. The lowest BCUT2D eigenvalue weighted by Crippen LogP contribution is -2.44. The fourth-order valence-corrected chi connectivity index (χ4v) is 3.76. The van der Waals surface area contributed by atoms with Gasteiger partial charge < -0.3 is 20.1 Å². The summed E-state index contributed by atoms with van der Waals surface area (Å²) in [5, 5.41) is 6.20. The van der Waals surface area contributed by atoms with E-state index in [1.54, 1.807) is 12.1 Å². The number of amides is 2. The van der Waals surface area contributed by atoms with E-state index in [-0.39, 0.29) is 24.3 Å². The quantitative estimate of drug-likeness (QED) is 0.699. The largest absolute Gasteiger partial charge is 0.495 e. The number of nitrogens with zero attached hydrogens (tertiary/aromatic N) is 1. The van der Waals surface area contributed by atoms with Crippen LogP contribution in [-0.2, 0) is 9.59 Å². The summed E-state index contributed by atoms with van der Waals surface area (Å²) in [6.07, 6.45) is 1.66. The molecule has 8 heteroatoms. The number of nitrogens with one attached hydrogen (secondary N) is 2. The summed E-state index contributed by atoms with van der Waals surface area (Å²) < 4.78 is 10.5. The third-order valence-corrected chi connectivity index (χ3v) is 5.33. The molecule has 0 bridgehead atoms. The van der Waals surface area contributed by atoms with Crippen molar-refractivity contribution in [2.45, 2.75) is 12.8 Å². The number of para-hydroxylation sites is 1. The maximum absolute atomic E-state index is 12.6. The van der Waals surface area contributed by atoms with Crippen LogP contribution in [0.2, 0.25) is 5.02 Å². The highest BCUT2D eigenvalue weighted by atomic mass is 35.5. The highest BCUT2D eigenvalue weighted by molar-refractivity contribution is 6.32. The van der Waals surface area contributed by atoms with E-state index in [9.17, 15) is 9.59 Å². The molecule has 1 saturated heterocycles. The van der Waals surface area contributed by atoms with E-state index in [0.29, 0.717) is 28.8 Å². The number of likely N-dealkylation sites (tertiary alicyclic amines) is 1. The molecule has 0 radical (unpaired) electrons. The summed E-state index contributed by atoms with van der Waals surface area (Å²) in [5.74, 6) is 0.533. The minimum absolute atomic E-state index is 0.0181. The maximum Gasteiger partial charge on any atom is 0.238 e. The number of methoxy groups -OCH3 is 2. The van der Waals surface area contributed by atoms with Gasteiger partial charge in [0.1, 0.15) is 11.5 Å². The van der Waals surface area contributed by atoms with Gasteiger partial charge in [0.15, 0.2) is 0 Å². The van der Waals surface area contributed by atoms with E-state index in [4.69, 9.17) is 21.1 Å². The van der Waals surface area contributed by atoms with Gasteiger partial charge in [-0.1, -0.05) is 29.8 Å². The Kier molecular flexibility index (Phi) is 7.54. The van der Waals surface area contributed by atoms with Crippen LogP contribution in [-0.4, -0.2) is 50.6 Å². The molecule has 0 aliphatic carbocycles. The van der Waals surface area contributed by atoms with Crippen LogP contribution in [0, 0.1) is 5.92 Å². The van der Waals surface area contributed by atoms with Gasteiger partial charge in [-0.25, -0.2) is 0 Å². The predicted octanol–water partition coefficient (Wildman–Crippen LogP) is 3.65. The first kappa shape index (κ1) is 21.9. The monoisotopic (exact) mass is 431 g/mol. The molecule has 1 heterocycles. The van der Waals surface area contributed by atoms with Gasteiger partial charge in [-0.15, -0.1) is 0 Å². The Morgan fingerprint density at radius 1 is 1.10 bits per heavy atom. The van der Waals surface area contributed by atoms with Gasteiger partial charge in [-0.3, -0.25) is 14.5 Å². The van der Waals surface area contributed by atoms with E-state index in [1.165, 1.54) is 14.2 Å². The topological polar surface area (TPSA) is 79.9 Å². The molecule has 160 valence electrons. The van der Waals surface area contributed by atoms with Crippen LogP contribution >= 0.6 is 11.6 Å². The summed E-state index contributed by atoms with van der Waals surface area (Å²) in [5.41, 5.74) is 1.26. The molecule has 1 atom stereocenters. The zero-order chi connectivity index (χ0) is 21.5. The molecule has 2 N–H and O–H groups in total. The number of carbonyl (C=O) groups excluding carboxylic acids is 2. The highest BCUT2D eigenvalue weighted by Gasteiger charge is 2.27. The number of hydrogen-bond acceptors (Lipinski definition) is 5. The number of anilines is 2. The lowest BCUT2D eigenvalue weighted by molar-refractivity contribution is -0.123. The first-order chi connectivity index (χ1) is 14.5. The van der Waals surface area contributed by atoms with E-state index in [1.807, 2.05) is 35.2 Å². The van der Waals surface area contributed by atoms with Crippen molar-refractivity contribution in [2.75, 3.05) is 44.5 Å². The fourth-order valence-electron chi connectivity index (χ4n) is 3.53. The summed E-state index contributed by atoms with van der Waals surface area (Å²) in [6.45, 7) is 1.49. The number of halogens is 1. The summed E-state index contributed by atoms with van der Waals surface area (Å²) >= 11 is 6.11. The van der Waals surface area contributed by atoms with E-state index >= 15 is 0 Å². The minimum Gasteiger partial charge on any atom is -0.495 e. The number of carbonyl (C=O) groups is 2. The number of hydrogen-bond donors (Lipinski definition) is 2. The molecule has 0 spiro atoms. The second-order valence-electron chi connectivity index (χ2n) is 7.16. The van der Waals surface area contributed by atoms with Crippen LogP contribution in [0.15, 0.2) is 42.5 Å². The standard InChI is InChI=1S/C22H26ClN3O4/c1-29-19-12-18(20(30-2)11-17(19)23)25-21(27)14-26-10-6-7-15(13-26)22(28)24-16-8-4-3-5-9-16/h3-5,8-9,11-12,15H,6-7,10,13-14H2,1-2H3,(H,24,28)(H,25,27)/t15-/m0/s1. The molecule has 1 fully saturated rings. The fraction of sp³-hybridized carbons (Fsp3) is 0.364. The predicted molar refractivity (Wildman–Crippen MR) is 117 cm³/mol. The zero-order valence-electron chi connectivity index (χ0n) is 17.1. The molecule has 1 aliphatic heterocycles. The van der Waals surface area contributed by atoms with Crippen molar-refractivity contribution in [1.29, 1.82) is 0 Å². The van der Waals surface area contributed by atoms with Crippen LogP contribution in [0.25, 0.3) is 0 Å². The first-order valence-corrected chi connectivity index (χ1v) is 10.2. The van der Waals surface area contributed by atoms with Crippen LogP contribution in [0.4, 0.5) is 11.4 Å². The van der Waals surface area contributed by atoms with Crippen molar-refractivity contribution < 1.29 is 19.1 Å². The Morgan fingerprint density at radius 3 is 2.53 bits per heavy atom. The Balaban J connectivity index is 1.58. The molecule has 2 aromatic rings. The van der Waals surface area contributed by atoms with E-state index < -0.39 is 0 Å². The molecule has 2 aromatic carbocycles. The molecule has 3 rings (SSSR count). The molecule has 2 amide bonds. The second-order valence-corrected chi connectivity index (χ2v) is 7.57. The van der Waals surface area contributed by atoms with Gasteiger partial charge in [0, 0.05) is 24.4 Å². The molecule has 30 heavy (non-hydrogen) atoms. The SMILES string of the molecule is COc1cc(NC(=O)CN2CCC[C@H](C(=O)Nc3ccccc3)C2)c(OC)cc1Cl. The van der Waals surface area contributed by atoms with Crippen molar-refractivity contribution in [3.05, 3.63) is 47.5 Å². The summed E-state index contributed by atoms with van der Waals surface area (Å²) in [6, 6.07) is 12.6. The van der Waals surface area contributed by atoms with Crippen molar-refractivity contribution in [1.82, 2.24) is 4.90 Å². The van der Waals surface area contributed by atoms with Crippen molar-refractivity contribution in [3.63, 3.8) is 0 Å². The van der Waals surface area contributed by atoms with E-state index in [2.05, 4.69) is 10.6 Å². The number of rotatable bonds is 7. The van der Waals surface area contributed by atoms with Gasteiger partial charge in [0.2, 0.25) is 11.8 Å². The minimum atomic E-state index is -0.193. The van der Waals surface area contributed by atoms with Crippen molar-refractivity contribution >= 4 is 34.8 Å². The molecule has 0 aromatic heterocycles. The lowest BCUT2D eigenvalue weighted by Gasteiger charge is -2.31. The number of piperidine rings is 1. The van der Waals surface area contributed by atoms with Crippen LogP contribution in [0.5, 0.6) is 11.5 Å². The molecule has 7 nitrogen and oxygen atoms in total. The molecular formula is C22H26ClN3O4. The maximum atomic E-state index is 12.6. The Hall–Kier alpha value is -2.77. The van der Waals surface area contributed by atoms with Gasteiger partial charge in [-0.05, 0) is 31.5 Å². The normalized spacial score (nSPS) is 16.6. The number of benzene rings is 2. The smallest absolute Gasteiger partial charge is 0.238 e. The van der Waals surface area contributed by atoms with Gasteiger partial charge in [0.05, 0.1) is 37.4 Å². The highest BCUT2D eigenvalue weighted by Crippen LogP contribution is 2.35. The molecule has 1 aliphatic rings. The Bertz CT molecular complexity index is 891. The Morgan fingerprint density at radius 2 is 1.83 bits per heavy atom. The molecule has 0 saturated carbocycles. The number of ether oxygens (including phenoxy) is 2. The average molecular weight is 432 g/mol. The van der Waals surface area contributed by atoms with Crippen LogP contribution < -0.4 is 20.1 Å². The van der Waals surface area contributed by atoms with E-state index in [0.717, 1.165) is 25.1 Å². The molecular weight excluding hydrogens is 406 g/mol.